The summed E-state index contributed by atoms with van der Waals surface area (Å²) < 4.78 is 4.37. The van der Waals surface area contributed by atoms with Crippen molar-refractivity contribution in [1.82, 2.24) is 0 Å². The normalized spacial score (nSPS) is 14.0. The highest BCUT2D eigenvalue weighted by molar-refractivity contribution is 5.85. The summed E-state index contributed by atoms with van der Waals surface area (Å²) in [6, 6.07) is 0. The Balaban J connectivity index is 4.54. The largest absolute Gasteiger partial charge is 0.481 e. The summed E-state index contributed by atoms with van der Waals surface area (Å²) in [4.78, 5) is 31.8. The van der Waals surface area contributed by atoms with E-state index in [-0.39, 0.29) is 6.61 Å². The summed E-state index contributed by atoms with van der Waals surface area (Å²) >= 11 is 0. The van der Waals surface area contributed by atoms with Gasteiger partial charge in [0.2, 0.25) is 0 Å². The number of carboxylic acid groups (broad SMARTS) is 2. The van der Waals surface area contributed by atoms with Crippen LogP contribution < -0.4 is 0 Å². The third-order valence-corrected chi connectivity index (χ3v) is 1.62. The highest BCUT2D eigenvalue weighted by atomic mass is 16.5. The van der Waals surface area contributed by atoms with Crippen LogP contribution in [0.3, 0.4) is 0 Å². The second-order valence-electron chi connectivity index (χ2n) is 2.74. The zero-order valence-corrected chi connectivity index (χ0v) is 8.04. The summed E-state index contributed by atoms with van der Waals surface area (Å²) in [6.45, 7) is 1.47. The fourth-order valence-corrected chi connectivity index (χ4v) is 0.914. The Hall–Kier alpha value is -1.63. The predicted molar refractivity (Wildman–Crippen MR) is 46.0 cm³/mol. The summed E-state index contributed by atoms with van der Waals surface area (Å²) in [5.74, 6) is -5.79. The molecule has 0 heterocycles. The quantitative estimate of drug-likeness (QED) is 0.495. The van der Waals surface area contributed by atoms with Gasteiger partial charge in [-0.25, -0.2) is 4.79 Å². The molecule has 7 nitrogen and oxygen atoms in total. The maximum absolute atomic E-state index is 10.9. The Morgan fingerprint density at radius 2 is 1.80 bits per heavy atom. The van der Waals surface area contributed by atoms with Gasteiger partial charge in [-0.3, -0.25) is 9.59 Å². The SMILES string of the molecule is CCOC(=O)C(O)C(CC(=O)O)C(=O)O. The Bertz CT molecular complexity index is 260. The average Bonchev–Trinajstić information content (AvgIpc) is 2.12. The molecule has 0 rings (SSSR count). The molecule has 0 aromatic heterocycles. The highest BCUT2D eigenvalue weighted by Gasteiger charge is 2.34. The van der Waals surface area contributed by atoms with Gasteiger partial charge in [-0.1, -0.05) is 0 Å². The molecule has 0 aliphatic heterocycles. The molecule has 0 aromatic rings. The third kappa shape index (κ3) is 4.41. The van der Waals surface area contributed by atoms with Gasteiger partial charge < -0.3 is 20.1 Å². The van der Waals surface area contributed by atoms with Gasteiger partial charge in [0.1, 0.15) is 5.92 Å². The first kappa shape index (κ1) is 13.4. The van der Waals surface area contributed by atoms with E-state index in [4.69, 9.17) is 10.2 Å². The van der Waals surface area contributed by atoms with Gasteiger partial charge in [-0.05, 0) is 6.92 Å². The van der Waals surface area contributed by atoms with Crippen molar-refractivity contribution in [3.8, 4) is 0 Å². The minimum absolute atomic E-state index is 0.0185. The monoisotopic (exact) mass is 220 g/mol. The number of rotatable bonds is 6. The van der Waals surface area contributed by atoms with E-state index in [0.29, 0.717) is 0 Å². The van der Waals surface area contributed by atoms with Crippen LogP contribution in [0.5, 0.6) is 0 Å². The van der Waals surface area contributed by atoms with Gasteiger partial charge in [0.15, 0.2) is 6.10 Å². The second kappa shape index (κ2) is 5.97. The summed E-state index contributed by atoms with van der Waals surface area (Å²) in [5.41, 5.74) is 0. The molecule has 0 aliphatic rings. The second-order valence-corrected chi connectivity index (χ2v) is 2.74. The van der Waals surface area contributed by atoms with Gasteiger partial charge in [-0.15, -0.1) is 0 Å². The van der Waals surface area contributed by atoms with Crippen molar-refractivity contribution < 1.29 is 34.4 Å². The first-order valence-corrected chi connectivity index (χ1v) is 4.19. The van der Waals surface area contributed by atoms with Crippen molar-refractivity contribution in [3.63, 3.8) is 0 Å². The molecule has 0 aromatic carbocycles. The van der Waals surface area contributed by atoms with Gasteiger partial charge in [0.25, 0.3) is 0 Å². The molecule has 0 radical (unpaired) electrons. The number of aliphatic carboxylic acids is 2. The van der Waals surface area contributed by atoms with Crippen LogP contribution in [-0.2, 0) is 19.1 Å². The van der Waals surface area contributed by atoms with Crippen LogP contribution >= 0.6 is 0 Å². The number of hydrogen-bond acceptors (Lipinski definition) is 5. The summed E-state index contributed by atoms with van der Waals surface area (Å²) in [6.07, 6.45) is -2.80. The van der Waals surface area contributed by atoms with Crippen LogP contribution in [0.15, 0.2) is 0 Å². The number of carboxylic acids is 2. The van der Waals surface area contributed by atoms with Crippen molar-refractivity contribution in [2.24, 2.45) is 5.92 Å². The van der Waals surface area contributed by atoms with Crippen molar-refractivity contribution in [2.45, 2.75) is 19.4 Å². The molecule has 0 saturated heterocycles. The number of carbonyl (C=O) groups excluding carboxylic acids is 1. The van der Waals surface area contributed by atoms with E-state index < -0.39 is 36.4 Å². The zero-order valence-electron chi connectivity index (χ0n) is 8.04. The Labute approximate surface area is 85.3 Å². The van der Waals surface area contributed by atoms with Crippen molar-refractivity contribution >= 4 is 17.9 Å². The Morgan fingerprint density at radius 1 is 1.27 bits per heavy atom. The van der Waals surface area contributed by atoms with Crippen LogP contribution in [0.4, 0.5) is 0 Å². The van der Waals surface area contributed by atoms with E-state index in [2.05, 4.69) is 4.74 Å². The minimum atomic E-state index is -1.96. The van der Waals surface area contributed by atoms with Crippen LogP contribution in [0.25, 0.3) is 0 Å². The van der Waals surface area contributed by atoms with Crippen molar-refractivity contribution in [1.29, 1.82) is 0 Å². The van der Waals surface area contributed by atoms with E-state index in [1.54, 1.807) is 0 Å². The molecule has 0 spiro atoms. The lowest BCUT2D eigenvalue weighted by Crippen LogP contribution is -2.37. The maximum Gasteiger partial charge on any atom is 0.335 e. The molecule has 0 aliphatic carbocycles. The fourth-order valence-electron chi connectivity index (χ4n) is 0.914. The Morgan fingerprint density at radius 3 is 2.13 bits per heavy atom. The maximum atomic E-state index is 10.9. The number of aliphatic hydroxyl groups excluding tert-OH is 1. The topological polar surface area (TPSA) is 121 Å². The molecule has 0 bridgehead atoms. The molecule has 0 saturated carbocycles. The molecular formula is C8H12O7. The molecule has 0 amide bonds. The molecule has 2 atom stereocenters. The zero-order chi connectivity index (χ0) is 12.0. The minimum Gasteiger partial charge on any atom is -0.481 e. The number of aliphatic hydroxyl groups is 1. The molecule has 7 heteroatoms. The van der Waals surface area contributed by atoms with Crippen LogP contribution in [0.2, 0.25) is 0 Å². The smallest absolute Gasteiger partial charge is 0.335 e. The van der Waals surface area contributed by atoms with Gasteiger partial charge in [-0.2, -0.15) is 0 Å². The molecule has 3 N–H and O–H groups in total. The molecular weight excluding hydrogens is 208 g/mol. The highest BCUT2D eigenvalue weighted by Crippen LogP contribution is 2.11. The fraction of sp³-hybridized carbons (Fsp3) is 0.625. The van der Waals surface area contributed by atoms with Crippen molar-refractivity contribution in [2.75, 3.05) is 6.61 Å². The third-order valence-electron chi connectivity index (χ3n) is 1.62. The van der Waals surface area contributed by atoms with Gasteiger partial charge in [0.05, 0.1) is 13.0 Å². The van der Waals surface area contributed by atoms with E-state index >= 15 is 0 Å². The molecule has 15 heavy (non-hydrogen) atoms. The first-order chi connectivity index (χ1) is 6.90. The summed E-state index contributed by atoms with van der Waals surface area (Å²) in [5, 5.41) is 26.2. The molecule has 2 unspecified atom stereocenters. The van der Waals surface area contributed by atoms with E-state index in [9.17, 15) is 19.5 Å². The lowest BCUT2D eigenvalue weighted by Gasteiger charge is -2.15. The van der Waals surface area contributed by atoms with E-state index in [1.165, 1.54) is 6.92 Å². The number of hydrogen-bond donors (Lipinski definition) is 3. The molecule has 86 valence electrons. The standard InChI is InChI=1S/C8H12O7/c1-2-15-8(14)6(11)4(7(12)13)3-5(9)10/h4,6,11H,2-3H2,1H3,(H,9,10)(H,12,13). The van der Waals surface area contributed by atoms with Crippen LogP contribution in [0, 0.1) is 5.92 Å². The Kier molecular flexibility index (Phi) is 5.32. The summed E-state index contributed by atoms with van der Waals surface area (Å²) in [7, 11) is 0. The van der Waals surface area contributed by atoms with E-state index in [0.717, 1.165) is 0 Å². The predicted octanol–water partition coefficient (Wildman–Crippen LogP) is -0.914. The average molecular weight is 220 g/mol. The lowest BCUT2D eigenvalue weighted by atomic mass is 9.99. The van der Waals surface area contributed by atoms with Gasteiger partial charge >= 0.3 is 17.9 Å². The lowest BCUT2D eigenvalue weighted by molar-refractivity contribution is -0.165. The molecule has 0 fully saturated rings. The first-order valence-electron chi connectivity index (χ1n) is 4.19. The van der Waals surface area contributed by atoms with Crippen LogP contribution in [-0.4, -0.2) is 45.9 Å². The van der Waals surface area contributed by atoms with E-state index in [1.807, 2.05) is 0 Å². The number of ether oxygens (including phenoxy) is 1. The van der Waals surface area contributed by atoms with Crippen LogP contribution in [0.1, 0.15) is 13.3 Å². The van der Waals surface area contributed by atoms with Crippen molar-refractivity contribution in [3.05, 3.63) is 0 Å². The number of carbonyl (C=O) groups is 3. The van der Waals surface area contributed by atoms with Gasteiger partial charge in [0, 0.05) is 0 Å². The number of esters is 1.